The van der Waals surface area contributed by atoms with Gasteiger partial charge in [0.05, 0.1) is 13.0 Å². The quantitative estimate of drug-likeness (QED) is 0.385. The molecule has 0 atom stereocenters. The fourth-order valence-electron chi connectivity index (χ4n) is 3.47. The molecule has 10 heteroatoms. The number of esters is 1. The summed E-state index contributed by atoms with van der Waals surface area (Å²) in [6.45, 7) is 4.95. The maximum atomic E-state index is 12.9. The second kappa shape index (κ2) is 8.57. The van der Waals surface area contributed by atoms with Gasteiger partial charge in [-0.1, -0.05) is 5.16 Å². The first-order valence-corrected chi connectivity index (χ1v) is 10.9. The van der Waals surface area contributed by atoms with Crippen LogP contribution < -0.4 is 9.47 Å². The maximum absolute atomic E-state index is 12.9. The smallest absolute Gasteiger partial charge is 0.314 e. The van der Waals surface area contributed by atoms with Gasteiger partial charge in [0, 0.05) is 18.7 Å². The minimum atomic E-state index is -3.74. The minimum absolute atomic E-state index is 0.0822. The molecule has 0 bridgehead atoms. The van der Waals surface area contributed by atoms with Gasteiger partial charge in [0.25, 0.3) is 0 Å². The monoisotopic (exact) mass is 436 g/mol. The number of methoxy groups -OCH3 is 1. The molecule has 0 aliphatic carbocycles. The van der Waals surface area contributed by atoms with E-state index < -0.39 is 21.9 Å². The van der Waals surface area contributed by atoms with Crippen molar-refractivity contribution in [1.29, 1.82) is 0 Å². The lowest BCUT2D eigenvalue weighted by molar-refractivity contribution is -0.140. The Morgan fingerprint density at radius 2 is 1.83 bits per heavy atom. The highest BCUT2D eigenvalue weighted by molar-refractivity contribution is 7.89. The highest BCUT2D eigenvalue weighted by Crippen LogP contribution is 2.31. The van der Waals surface area contributed by atoms with Crippen LogP contribution in [0.2, 0.25) is 0 Å². The van der Waals surface area contributed by atoms with Crippen LogP contribution in [-0.2, 0) is 14.8 Å². The molecule has 1 fully saturated rings. The third kappa shape index (κ3) is 4.24. The number of ether oxygens (including phenoxy) is 2. The zero-order chi connectivity index (χ0) is 22.1. The standard InChI is InChI=1S/C20H24N2O7S/c1-12-19(14(3)29-21-12)30(25,26)22-9-7-15(8-10-22)20(24)28-17-6-5-16(13(2)23)11-18(17)27-4/h5-6,11,15H,7-10H2,1-4H3. The Hall–Kier alpha value is -2.72. The van der Waals surface area contributed by atoms with Gasteiger partial charge in [-0.15, -0.1) is 0 Å². The van der Waals surface area contributed by atoms with Crippen molar-refractivity contribution in [3.63, 3.8) is 0 Å². The summed E-state index contributed by atoms with van der Waals surface area (Å²) in [5, 5.41) is 3.71. The predicted octanol–water partition coefficient (Wildman–Crippen LogP) is 2.51. The first kappa shape index (κ1) is 22.0. The van der Waals surface area contributed by atoms with E-state index in [4.69, 9.17) is 14.0 Å². The third-order valence-electron chi connectivity index (χ3n) is 5.13. The van der Waals surface area contributed by atoms with Gasteiger partial charge in [0.2, 0.25) is 10.0 Å². The van der Waals surface area contributed by atoms with Gasteiger partial charge in [0.15, 0.2) is 23.0 Å². The highest BCUT2D eigenvalue weighted by Gasteiger charge is 2.36. The Morgan fingerprint density at radius 1 is 1.17 bits per heavy atom. The Morgan fingerprint density at radius 3 is 2.37 bits per heavy atom. The van der Waals surface area contributed by atoms with E-state index in [1.54, 1.807) is 19.9 Å². The first-order chi connectivity index (χ1) is 14.1. The van der Waals surface area contributed by atoms with Crippen molar-refractivity contribution in [2.24, 2.45) is 5.92 Å². The number of piperidine rings is 1. The molecule has 1 aromatic carbocycles. The molecule has 2 aromatic rings. The van der Waals surface area contributed by atoms with E-state index in [2.05, 4.69) is 5.16 Å². The number of Topliss-reactive ketones (excluding diaryl/α,β-unsaturated/α-hetero) is 1. The van der Waals surface area contributed by atoms with E-state index in [9.17, 15) is 18.0 Å². The van der Waals surface area contributed by atoms with Crippen LogP contribution in [0.5, 0.6) is 11.5 Å². The molecule has 9 nitrogen and oxygen atoms in total. The number of carbonyl (C=O) groups is 2. The topological polar surface area (TPSA) is 116 Å². The van der Waals surface area contributed by atoms with E-state index in [0.717, 1.165) is 0 Å². The van der Waals surface area contributed by atoms with Crippen LogP contribution in [0.1, 0.15) is 41.6 Å². The van der Waals surface area contributed by atoms with Crippen LogP contribution in [0, 0.1) is 19.8 Å². The van der Waals surface area contributed by atoms with Crippen molar-refractivity contribution in [1.82, 2.24) is 9.46 Å². The second-order valence-electron chi connectivity index (χ2n) is 7.17. The van der Waals surface area contributed by atoms with Crippen LogP contribution in [0.15, 0.2) is 27.6 Å². The van der Waals surface area contributed by atoms with Crippen LogP contribution in [0.3, 0.4) is 0 Å². The van der Waals surface area contributed by atoms with Crippen molar-refractivity contribution in [3.05, 3.63) is 35.2 Å². The van der Waals surface area contributed by atoms with Crippen LogP contribution in [0.4, 0.5) is 0 Å². The minimum Gasteiger partial charge on any atom is -0.493 e. The number of sulfonamides is 1. The van der Waals surface area contributed by atoms with E-state index >= 15 is 0 Å². The summed E-state index contributed by atoms with van der Waals surface area (Å²) in [4.78, 5) is 24.2. The number of ketones is 1. The number of rotatable bonds is 6. The fourth-order valence-corrected chi connectivity index (χ4v) is 5.23. The highest BCUT2D eigenvalue weighted by atomic mass is 32.2. The SMILES string of the molecule is COc1cc(C(C)=O)ccc1OC(=O)C1CCN(S(=O)(=O)c2c(C)noc2C)CC1. The van der Waals surface area contributed by atoms with Gasteiger partial charge in [-0.05, 0) is 51.8 Å². The second-order valence-corrected chi connectivity index (χ2v) is 9.05. The van der Waals surface area contributed by atoms with Crippen molar-refractivity contribution in [2.75, 3.05) is 20.2 Å². The summed E-state index contributed by atoms with van der Waals surface area (Å²) in [6, 6.07) is 4.60. The van der Waals surface area contributed by atoms with Gasteiger partial charge in [-0.3, -0.25) is 9.59 Å². The third-order valence-corrected chi connectivity index (χ3v) is 7.28. The molecule has 0 saturated carbocycles. The summed E-state index contributed by atoms with van der Waals surface area (Å²) >= 11 is 0. The number of carbonyl (C=O) groups excluding carboxylic acids is 2. The molecule has 0 radical (unpaired) electrons. The van der Waals surface area contributed by atoms with Gasteiger partial charge >= 0.3 is 5.97 Å². The molecule has 1 aliphatic rings. The fraction of sp³-hybridized carbons (Fsp3) is 0.450. The van der Waals surface area contributed by atoms with Crippen molar-refractivity contribution in [2.45, 2.75) is 38.5 Å². The number of aryl methyl sites for hydroxylation is 2. The summed E-state index contributed by atoms with van der Waals surface area (Å²) in [6.07, 6.45) is 0.657. The average molecular weight is 436 g/mol. The molecule has 0 spiro atoms. The zero-order valence-electron chi connectivity index (χ0n) is 17.3. The molecule has 0 unspecified atom stereocenters. The molecule has 30 heavy (non-hydrogen) atoms. The Bertz CT molecular complexity index is 1050. The molecule has 0 amide bonds. The Balaban J connectivity index is 1.67. The molecule has 162 valence electrons. The lowest BCUT2D eigenvalue weighted by Gasteiger charge is -2.30. The molecule has 0 N–H and O–H groups in total. The lowest BCUT2D eigenvalue weighted by atomic mass is 9.98. The Kier molecular flexibility index (Phi) is 6.27. The number of benzene rings is 1. The van der Waals surface area contributed by atoms with Crippen molar-refractivity contribution in [3.8, 4) is 11.5 Å². The van der Waals surface area contributed by atoms with Crippen LogP contribution in [-0.4, -0.2) is 49.8 Å². The number of nitrogens with zero attached hydrogens (tertiary/aromatic N) is 2. The van der Waals surface area contributed by atoms with E-state index in [0.29, 0.717) is 24.1 Å². The molecule has 1 aromatic heterocycles. The van der Waals surface area contributed by atoms with Gasteiger partial charge in [-0.2, -0.15) is 4.31 Å². The number of hydrogen-bond donors (Lipinski definition) is 0. The van der Waals surface area contributed by atoms with Gasteiger partial charge < -0.3 is 14.0 Å². The summed E-state index contributed by atoms with van der Waals surface area (Å²) in [7, 11) is -2.31. The zero-order valence-corrected chi connectivity index (χ0v) is 18.1. The van der Waals surface area contributed by atoms with Gasteiger partial charge in [0.1, 0.15) is 10.6 Å². The molecule has 1 aliphatic heterocycles. The maximum Gasteiger partial charge on any atom is 0.314 e. The van der Waals surface area contributed by atoms with E-state index in [1.165, 1.54) is 30.5 Å². The summed E-state index contributed by atoms with van der Waals surface area (Å²) < 4.78 is 42.8. The number of hydrogen-bond acceptors (Lipinski definition) is 8. The molecule has 1 saturated heterocycles. The lowest BCUT2D eigenvalue weighted by Crippen LogP contribution is -2.41. The number of aromatic nitrogens is 1. The van der Waals surface area contributed by atoms with Crippen molar-refractivity contribution >= 4 is 21.8 Å². The molecular weight excluding hydrogens is 412 g/mol. The molecule has 3 rings (SSSR count). The predicted molar refractivity (Wildman–Crippen MR) is 106 cm³/mol. The van der Waals surface area contributed by atoms with Crippen molar-refractivity contribution < 1.29 is 32.0 Å². The average Bonchev–Trinajstić information content (AvgIpc) is 3.07. The molecular formula is C20H24N2O7S. The first-order valence-electron chi connectivity index (χ1n) is 9.48. The largest absolute Gasteiger partial charge is 0.493 e. The molecule has 2 heterocycles. The van der Waals surface area contributed by atoms with E-state index in [-0.39, 0.29) is 41.0 Å². The van der Waals surface area contributed by atoms with Crippen LogP contribution >= 0.6 is 0 Å². The summed E-state index contributed by atoms with van der Waals surface area (Å²) in [5.41, 5.74) is 0.764. The Labute approximate surface area is 175 Å². The van der Waals surface area contributed by atoms with Crippen LogP contribution in [0.25, 0.3) is 0 Å². The van der Waals surface area contributed by atoms with E-state index in [1.807, 2.05) is 0 Å². The normalized spacial score (nSPS) is 15.7. The van der Waals surface area contributed by atoms with Gasteiger partial charge in [-0.25, -0.2) is 8.42 Å². The summed E-state index contributed by atoms with van der Waals surface area (Å²) in [5.74, 6) is -0.280.